The van der Waals surface area contributed by atoms with Crippen molar-refractivity contribution < 1.29 is 81.1 Å². The number of methoxy groups -OCH3 is 9. The maximum atomic E-state index is 12.9. The molecule has 0 unspecified atom stereocenters. The number of thiazole rings is 3. The molecular weight excluding hydrogens is 1400 g/mol. The molecule has 6 heterocycles. The van der Waals surface area contributed by atoms with Crippen LogP contribution >= 0.6 is 34.0 Å². The molecule has 32 nitrogen and oxygen atoms in total. The molecule has 12 rings (SSSR count). The van der Waals surface area contributed by atoms with E-state index < -0.39 is 23.7 Å². The van der Waals surface area contributed by atoms with E-state index in [0.717, 1.165) is 23.6 Å². The summed E-state index contributed by atoms with van der Waals surface area (Å²) < 4.78 is 69.2. The average Bonchev–Trinajstić information content (AvgIpc) is 1.76. The van der Waals surface area contributed by atoms with Crippen LogP contribution in [0.3, 0.4) is 0 Å². The second-order valence-electron chi connectivity index (χ2n) is 20.9. The van der Waals surface area contributed by atoms with Crippen molar-refractivity contribution in [1.82, 2.24) is 43.8 Å². The number of hydrogen-bond acceptors (Lipinski definition) is 28. The molecule has 534 valence electrons. The Morgan fingerprint density at radius 1 is 0.388 bits per heavy atom. The van der Waals surface area contributed by atoms with E-state index >= 15 is 0 Å². The summed E-state index contributed by atoms with van der Waals surface area (Å²) in [6.07, 6.45) is 5.21. The molecule has 7 N–H and O–H groups in total. The van der Waals surface area contributed by atoms with E-state index in [1.807, 2.05) is 0 Å². The third kappa shape index (κ3) is 17.9. The maximum absolute atomic E-state index is 12.9. The number of rotatable bonds is 24. The van der Waals surface area contributed by atoms with Crippen LogP contribution in [0, 0.1) is 0 Å². The highest BCUT2D eigenvalue weighted by Gasteiger charge is 2.22. The van der Waals surface area contributed by atoms with E-state index in [9.17, 15) is 28.8 Å². The van der Waals surface area contributed by atoms with Gasteiger partial charge in [-0.05, 0) is 108 Å². The molecule has 12 aromatic rings. The van der Waals surface area contributed by atoms with Crippen LogP contribution in [0.2, 0.25) is 0 Å². The molecule has 35 heteroatoms. The van der Waals surface area contributed by atoms with Crippen LogP contribution < -0.4 is 104 Å². The second-order valence-corrected chi connectivity index (χ2v) is 23.9. The summed E-state index contributed by atoms with van der Waals surface area (Å²) in [6, 6.07) is 31.1. The van der Waals surface area contributed by atoms with Gasteiger partial charge in [0.1, 0.15) is 17.2 Å². The highest BCUT2D eigenvalue weighted by molar-refractivity contribution is 7.15. The zero-order valence-corrected chi connectivity index (χ0v) is 58.9. The maximum Gasteiger partial charge on any atom is 0.300 e. The topological polar surface area (TPSA) is 419 Å². The predicted octanol–water partition coefficient (Wildman–Crippen LogP) is 3.86. The Hall–Kier alpha value is -12.9. The molecule has 0 bridgehead atoms. The Bertz CT molecular complexity index is 4850. The SMILES string of the molecule is CC(=O)O.COc1cc(-c2nc3s/c(=C\c4ccc(OCC(N)=O)cc4)c(=O)n3n2)cc(OC)c1OC.COc1cc(-c2nc3s/c(=C\c4ccc(OCC(N)=O)cc4)c(=O)n3n2)cc(OC)c1OC.COc1cc(-c2nc3s/c(=C\c4ccc(OCC(N)=O)cc4)c(=O)n3n2)cc(OC)c1OC. The number of carbonyl (C=O) groups excluding carboxylic acids is 3. The first-order chi connectivity index (χ1) is 49.5. The van der Waals surface area contributed by atoms with Gasteiger partial charge in [0, 0.05) is 23.6 Å². The number of aliphatic carboxylic acids is 1. The molecule has 3 amide bonds. The standard InChI is InChI=1S/3C22H20N4O6S.C2H4O2/c3*1-29-15-9-13(10-16(30-2)19(15)31-3)20-24-22-26(25-20)21(28)17(33-22)8-12-4-6-14(7-5-12)32-11-18(23)27;1-2(3)4/h3*4-10H,11H2,1-3H3,(H2,23,27);1H3,(H,3,4)/b3*17-8-;. The van der Waals surface area contributed by atoms with Gasteiger partial charge in [0.15, 0.2) is 71.8 Å². The molecule has 6 aromatic heterocycles. The molecule has 0 radical (unpaired) electrons. The van der Waals surface area contributed by atoms with Gasteiger partial charge in [-0.1, -0.05) is 70.4 Å². The van der Waals surface area contributed by atoms with Crippen LogP contribution in [-0.2, 0) is 19.2 Å². The fraction of sp³-hybridized carbons (Fsp3) is 0.191. The lowest BCUT2D eigenvalue weighted by Crippen LogP contribution is -2.23. The zero-order chi connectivity index (χ0) is 74.2. The van der Waals surface area contributed by atoms with Gasteiger partial charge in [0.25, 0.3) is 40.4 Å². The molecular formula is C68H64N12O20S3. The van der Waals surface area contributed by atoms with Crippen molar-refractivity contribution in [3.05, 3.63) is 171 Å². The van der Waals surface area contributed by atoms with Crippen molar-refractivity contribution in [2.45, 2.75) is 6.92 Å². The Labute approximate surface area is 594 Å². The smallest absolute Gasteiger partial charge is 0.300 e. The predicted molar refractivity (Wildman–Crippen MR) is 380 cm³/mol. The molecule has 103 heavy (non-hydrogen) atoms. The first-order valence-corrected chi connectivity index (χ1v) is 32.4. The van der Waals surface area contributed by atoms with Gasteiger partial charge in [0.2, 0.25) is 32.1 Å². The van der Waals surface area contributed by atoms with Crippen LogP contribution in [0.4, 0.5) is 0 Å². The first kappa shape index (κ1) is 74.3. The van der Waals surface area contributed by atoms with E-state index in [-0.39, 0.29) is 36.5 Å². The molecule has 0 aliphatic heterocycles. The van der Waals surface area contributed by atoms with E-state index in [1.54, 1.807) is 127 Å². The number of nitrogens with two attached hydrogens (primary N) is 3. The largest absolute Gasteiger partial charge is 0.493 e. The second kappa shape index (κ2) is 33.8. The minimum atomic E-state index is -0.833. The van der Waals surface area contributed by atoms with Crippen molar-refractivity contribution >= 4 is 90.8 Å². The molecule has 0 saturated carbocycles. The molecule has 0 atom stereocenters. The summed E-state index contributed by atoms with van der Waals surface area (Å²) in [6.45, 7) is 0.488. The lowest BCUT2D eigenvalue weighted by Gasteiger charge is -2.12. The third-order valence-corrected chi connectivity index (χ3v) is 16.9. The van der Waals surface area contributed by atoms with Crippen molar-refractivity contribution in [2.75, 3.05) is 83.8 Å². The van der Waals surface area contributed by atoms with Crippen LogP contribution in [0.1, 0.15) is 23.6 Å². The van der Waals surface area contributed by atoms with Gasteiger partial charge >= 0.3 is 0 Å². The molecule has 0 fully saturated rings. The normalized spacial score (nSPS) is 11.3. The summed E-state index contributed by atoms with van der Waals surface area (Å²) in [4.78, 5) is 94.9. The summed E-state index contributed by atoms with van der Waals surface area (Å²) in [7, 11) is 13.7. The molecule has 0 saturated heterocycles. The lowest BCUT2D eigenvalue weighted by molar-refractivity contribution is -0.134. The van der Waals surface area contributed by atoms with Gasteiger partial charge in [-0.25, -0.2) is 0 Å². The number of fused-ring (bicyclic) bond motifs is 3. The van der Waals surface area contributed by atoms with Crippen molar-refractivity contribution in [2.24, 2.45) is 17.2 Å². The number of benzene rings is 6. The number of carbonyl (C=O) groups is 4. The summed E-state index contributed by atoms with van der Waals surface area (Å²) in [5, 5.41) is 20.5. The highest BCUT2D eigenvalue weighted by Crippen LogP contribution is 2.43. The fourth-order valence-corrected chi connectivity index (χ4v) is 12.1. The molecule has 0 spiro atoms. The van der Waals surface area contributed by atoms with Crippen molar-refractivity contribution in [1.29, 1.82) is 0 Å². The minimum absolute atomic E-state index is 0.199. The van der Waals surface area contributed by atoms with Gasteiger partial charge in [-0.2, -0.15) is 28.5 Å². The summed E-state index contributed by atoms with van der Waals surface area (Å²) in [5.41, 5.74) is 18.6. The fourth-order valence-electron chi connectivity index (χ4n) is 9.40. The Morgan fingerprint density at radius 3 is 0.777 bits per heavy atom. The van der Waals surface area contributed by atoms with Crippen molar-refractivity contribution in [3.63, 3.8) is 0 Å². The number of nitrogens with zero attached hydrogens (tertiary/aromatic N) is 9. The number of aromatic nitrogens is 9. The van der Waals surface area contributed by atoms with Crippen LogP contribution in [-0.4, -0.2) is 156 Å². The van der Waals surface area contributed by atoms with E-state index in [2.05, 4.69) is 30.2 Å². The van der Waals surface area contributed by atoms with Gasteiger partial charge in [-0.3, -0.25) is 33.6 Å². The first-order valence-electron chi connectivity index (χ1n) is 29.9. The number of hydrogen-bond donors (Lipinski definition) is 4. The van der Waals surface area contributed by atoms with Gasteiger partial charge in [-0.15, -0.1) is 15.3 Å². The number of primary amides is 3. The van der Waals surface area contributed by atoms with E-state index in [4.69, 9.17) is 83.9 Å². The van der Waals surface area contributed by atoms with E-state index in [0.29, 0.717) is 132 Å². The number of carboxylic acid groups (broad SMARTS) is 1. The van der Waals surface area contributed by atoms with Crippen LogP contribution in [0.15, 0.2) is 124 Å². The summed E-state index contributed by atoms with van der Waals surface area (Å²) >= 11 is 3.67. The number of ether oxygens (including phenoxy) is 12. The lowest BCUT2D eigenvalue weighted by atomic mass is 10.1. The van der Waals surface area contributed by atoms with Crippen LogP contribution in [0.25, 0.3) is 67.3 Å². The summed E-state index contributed by atoms with van der Waals surface area (Å²) in [5.74, 6) is 4.25. The minimum Gasteiger partial charge on any atom is -0.493 e. The Kier molecular flexibility index (Phi) is 24.4. The Morgan fingerprint density at radius 2 is 0.602 bits per heavy atom. The van der Waals surface area contributed by atoms with Gasteiger partial charge in [0.05, 0.1) is 77.6 Å². The van der Waals surface area contributed by atoms with Gasteiger partial charge < -0.3 is 79.1 Å². The number of carboxylic acids is 1. The number of amides is 3. The quantitative estimate of drug-likeness (QED) is 0.0667. The van der Waals surface area contributed by atoms with Crippen LogP contribution in [0.5, 0.6) is 69.0 Å². The van der Waals surface area contributed by atoms with Crippen molar-refractivity contribution in [3.8, 4) is 103 Å². The highest BCUT2D eigenvalue weighted by atomic mass is 32.1. The zero-order valence-electron chi connectivity index (χ0n) is 56.4. The van der Waals surface area contributed by atoms with E-state index in [1.165, 1.54) is 112 Å². The monoisotopic (exact) mass is 1460 g/mol. The Balaban J connectivity index is 0.000000175. The average molecular weight is 1470 g/mol. The molecule has 6 aromatic carbocycles. The third-order valence-electron chi connectivity index (χ3n) is 14.0. The molecule has 0 aliphatic rings. The molecule has 0 aliphatic carbocycles.